The number of carbonyl (C=O) groups is 2. The molecule has 1 aromatic heterocycles. The Morgan fingerprint density at radius 3 is 2.60 bits per heavy atom. The van der Waals surface area contributed by atoms with Gasteiger partial charge in [0, 0.05) is 11.6 Å². The number of primary amides is 1. The molecule has 30 heavy (non-hydrogen) atoms. The summed E-state index contributed by atoms with van der Waals surface area (Å²) < 4.78 is 1.57. The highest BCUT2D eigenvalue weighted by Crippen LogP contribution is 2.29. The number of urea groups is 1. The second-order valence-corrected chi connectivity index (χ2v) is 7.42. The fraction of sp³-hybridized carbons (Fsp3) is 0.190. The van der Waals surface area contributed by atoms with Crippen LogP contribution in [-0.4, -0.2) is 21.7 Å². The van der Waals surface area contributed by atoms with Crippen LogP contribution in [0.3, 0.4) is 0 Å². The molecule has 0 bridgehead atoms. The predicted octanol–water partition coefficient (Wildman–Crippen LogP) is 5.26. The minimum absolute atomic E-state index is 0.251. The number of unbranched alkanes of at least 4 members (excludes halogenated alkanes) is 1. The molecule has 0 spiro atoms. The zero-order chi connectivity index (χ0) is 21.7. The number of aryl methyl sites for hydroxylation is 1. The van der Waals surface area contributed by atoms with Crippen LogP contribution >= 0.6 is 23.2 Å². The lowest BCUT2D eigenvalue weighted by atomic mass is 10.2. The molecule has 0 unspecified atom stereocenters. The van der Waals surface area contributed by atoms with Crippen LogP contribution in [-0.2, 0) is 6.42 Å². The van der Waals surface area contributed by atoms with E-state index in [4.69, 9.17) is 28.9 Å². The molecule has 0 aliphatic rings. The molecule has 4 N–H and O–H groups in total. The van der Waals surface area contributed by atoms with Crippen molar-refractivity contribution in [2.24, 2.45) is 5.73 Å². The summed E-state index contributed by atoms with van der Waals surface area (Å²) in [5, 5.41) is 10.6. The van der Waals surface area contributed by atoms with Crippen molar-refractivity contribution < 1.29 is 9.59 Å². The topological polar surface area (TPSA) is 102 Å². The minimum atomic E-state index is -0.543. The van der Waals surface area contributed by atoms with Crippen molar-refractivity contribution in [3.8, 4) is 5.69 Å². The summed E-state index contributed by atoms with van der Waals surface area (Å²) in [6, 6.07) is 13.0. The maximum absolute atomic E-state index is 12.6. The number of halogens is 2. The third-order valence-electron chi connectivity index (χ3n) is 4.36. The second-order valence-electron chi connectivity index (χ2n) is 6.63. The fourth-order valence-electron chi connectivity index (χ4n) is 2.86. The molecule has 0 saturated heterocycles. The van der Waals surface area contributed by atoms with E-state index in [0.29, 0.717) is 27.8 Å². The van der Waals surface area contributed by atoms with Crippen molar-refractivity contribution in [1.82, 2.24) is 9.78 Å². The van der Waals surface area contributed by atoms with Crippen LogP contribution in [0.15, 0.2) is 48.5 Å². The van der Waals surface area contributed by atoms with Gasteiger partial charge in [0.05, 0.1) is 27.1 Å². The maximum Gasteiger partial charge on any atom is 0.324 e. The van der Waals surface area contributed by atoms with Crippen LogP contribution in [0.25, 0.3) is 5.69 Å². The molecule has 3 rings (SSSR count). The molecule has 2 aromatic carbocycles. The minimum Gasteiger partial charge on any atom is -0.366 e. The average Bonchev–Trinajstić information content (AvgIpc) is 3.12. The van der Waals surface area contributed by atoms with E-state index >= 15 is 0 Å². The fourth-order valence-corrected chi connectivity index (χ4v) is 3.20. The Bertz CT molecular complexity index is 1080. The van der Waals surface area contributed by atoms with Crippen LogP contribution in [0.4, 0.5) is 16.3 Å². The van der Waals surface area contributed by atoms with Gasteiger partial charge >= 0.3 is 6.03 Å². The molecule has 0 radical (unpaired) electrons. The van der Waals surface area contributed by atoms with Gasteiger partial charge in [-0.15, -0.1) is 0 Å². The SMILES string of the molecule is CCCCc1cc(NC(=O)Nc2cccc(Cl)c2Cl)n(-c2cccc(C(N)=O)c2)n1. The van der Waals surface area contributed by atoms with Crippen LogP contribution < -0.4 is 16.4 Å². The number of rotatable bonds is 7. The van der Waals surface area contributed by atoms with Crippen molar-refractivity contribution >= 4 is 46.6 Å². The van der Waals surface area contributed by atoms with Gasteiger partial charge < -0.3 is 11.1 Å². The zero-order valence-electron chi connectivity index (χ0n) is 16.3. The third kappa shape index (κ3) is 5.11. The molecule has 1 heterocycles. The number of aromatic nitrogens is 2. The summed E-state index contributed by atoms with van der Waals surface area (Å²) in [6.45, 7) is 2.09. The molecule has 0 aliphatic heterocycles. The Morgan fingerprint density at radius 1 is 1.10 bits per heavy atom. The number of hydrogen-bond donors (Lipinski definition) is 3. The third-order valence-corrected chi connectivity index (χ3v) is 5.18. The summed E-state index contributed by atoms with van der Waals surface area (Å²) in [5.41, 5.74) is 7.54. The van der Waals surface area contributed by atoms with E-state index in [1.54, 1.807) is 53.2 Å². The highest BCUT2D eigenvalue weighted by Gasteiger charge is 2.15. The van der Waals surface area contributed by atoms with Gasteiger partial charge in [-0.2, -0.15) is 5.10 Å². The molecular weight excluding hydrogens is 425 g/mol. The van der Waals surface area contributed by atoms with E-state index in [0.717, 1.165) is 25.0 Å². The van der Waals surface area contributed by atoms with Crippen LogP contribution in [0, 0.1) is 0 Å². The highest BCUT2D eigenvalue weighted by molar-refractivity contribution is 6.44. The van der Waals surface area contributed by atoms with Crippen LogP contribution in [0.2, 0.25) is 10.0 Å². The highest BCUT2D eigenvalue weighted by atomic mass is 35.5. The molecule has 0 fully saturated rings. The number of anilines is 2. The molecule has 3 amide bonds. The van der Waals surface area contributed by atoms with Crippen molar-refractivity contribution in [3.63, 3.8) is 0 Å². The smallest absolute Gasteiger partial charge is 0.324 e. The Morgan fingerprint density at radius 2 is 1.87 bits per heavy atom. The molecule has 3 aromatic rings. The Balaban J connectivity index is 1.90. The largest absolute Gasteiger partial charge is 0.366 e. The van der Waals surface area contributed by atoms with E-state index in [1.807, 2.05) is 0 Å². The summed E-state index contributed by atoms with van der Waals surface area (Å²) in [4.78, 5) is 24.1. The first-order chi connectivity index (χ1) is 14.4. The Kier molecular flexibility index (Phi) is 6.97. The normalized spacial score (nSPS) is 10.6. The molecule has 156 valence electrons. The van der Waals surface area contributed by atoms with Gasteiger partial charge in [0.15, 0.2) is 0 Å². The second kappa shape index (κ2) is 9.65. The first-order valence-corrected chi connectivity index (χ1v) is 10.2. The maximum atomic E-state index is 12.6. The van der Waals surface area contributed by atoms with E-state index in [2.05, 4.69) is 22.7 Å². The molecular formula is C21H21Cl2N5O2. The summed E-state index contributed by atoms with van der Waals surface area (Å²) in [5.74, 6) is -0.101. The van der Waals surface area contributed by atoms with Crippen LogP contribution in [0.1, 0.15) is 35.8 Å². The first kappa shape index (κ1) is 21.7. The monoisotopic (exact) mass is 445 g/mol. The standard InChI is InChI=1S/C21H21Cl2N5O2/c1-2-3-7-14-12-18(26-21(30)25-17-10-5-9-16(22)19(17)23)28(27-14)15-8-4-6-13(11-15)20(24)29/h4-6,8-12H,2-3,7H2,1H3,(H2,24,29)(H2,25,26,30). The van der Waals surface area contributed by atoms with Gasteiger partial charge in [0.2, 0.25) is 5.91 Å². The number of carbonyl (C=O) groups excluding carboxylic acids is 2. The number of nitrogens with two attached hydrogens (primary N) is 1. The number of hydrogen-bond acceptors (Lipinski definition) is 3. The van der Waals surface area contributed by atoms with Crippen molar-refractivity contribution in [3.05, 3.63) is 69.8 Å². The lowest BCUT2D eigenvalue weighted by Crippen LogP contribution is -2.21. The molecule has 0 aliphatic carbocycles. The summed E-state index contributed by atoms with van der Waals surface area (Å²) in [7, 11) is 0. The van der Waals surface area contributed by atoms with Gasteiger partial charge in [-0.1, -0.05) is 48.7 Å². The lowest BCUT2D eigenvalue weighted by molar-refractivity contribution is 0.1000. The molecule has 0 saturated carbocycles. The zero-order valence-corrected chi connectivity index (χ0v) is 17.8. The van der Waals surface area contributed by atoms with Crippen molar-refractivity contribution in [2.45, 2.75) is 26.2 Å². The average molecular weight is 446 g/mol. The van der Waals surface area contributed by atoms with E-state index in [9.17, 15) is 9.59 Å². The van der Waals surface area contributed by atoms with Crippen molar-refractivity contribution in [1.29, 1.82) is 0 Å². The Labute approximate surface area is 184 Å². The predicted molar refractivity (Wildman–Crippen MR) is 120 cm³/mol. The quantitative estimate of drug-likeness (QED) is 0.461. The van der Waals surface area contributed by atoms with E-state index in [-0.39, 0.29) is 5.02 Å². The van der Waals surface area contributed by atoms with Crippen LogP contribution in [0.5, 0.6) is 0 Å². The number of amides is 3. The lowest BCUT2D eigenvalue weighted by Gasteiger charge is -2.12. The number of nitrogens with zero attached hydrogens (tertiary/aromatic N) is 2. The molecule has 9 heteroatoms. The van der Waals surface area contributed by atoms with E-state index < -0.39 is 11.9 Å². The van der Waals surface area contributed by atoms with Gasteiger partial charge in [-0.25, -0.2) is 9.48 Å². The summed E-state index contributed by atoms with van der Waals surface area (Å²) in [6.07, 6.45) is 2.73. The molecule has 0 atom stereocenters. The number of nitrogens with one attached hydrogen (secondary N) is 2. The van der Waals surface area contributed by atoms with Crippen molar-refractivity contribution in [2.75, 3.05) is 10.6 Å². The molecule has 7 nitrogen and oxygen atoms in total. The van der Waals surface area contributed by atoms with Gasteiger partial charge in [-0.3, -0.25) is 10.1 Å². The van der Waals surface area contributed by atoms with E-state index in [1.165, 1.54) is 0 Å². The van der Waals surface area contributed by atoms with Gasteiger partial charge in [0.1, 0.15) is 5.82 Å². The first-order valence-electron chi connectivity index (χ1n) is 9.40. The summed E-state index contributed by atoms with van der Waals surface area (Å²) >= 11 is 12.1. The van der Waals surface area contributed by atoms with Gasteiger partial charge in [0.25, 0.3) is 0 Å². The number of benzene rings is 2. The van der Waals surface area contributed by atoms with Gasteiger partial charge in [-0.05, 0) is 43.2 Å². The Hall–Kier alpha value is -3.03.